The normalized spacial score (nSPS) is 12.0. The zero-order chi connectivity index (χ0) is 19.9. The molecular weight excluding hydrogens is 345 g/mol. The number of aromatic nitrogens is 2. The van der Waals surface area contributed by atoms with Crippen molar-refractivity contribution in [2.75, 3.05) is 18.2 Å². The van der Waals surface area contributed by atoms with Crippen molar-refractivity contribution >= 4 is 11.6 Å². The molecule has 0 aliphatic carbocycles. The average Bonchev–Trinajstić information content (AvgIpc) is 2.62. The van der Waals surface area contributed by atoms with Crippen LogP contribution < -0.4 is 15.8 Å². The largest absolute Gasteiger partial charge is 0.493 e. The molecule has 0 fully saturated rings. The van der Waals surface area contributed by atoms with E-state index in [1.54, 1.807) is 13.0 Å². The van der Waals surface area contributed by atoms with Crippen LogP contribution in [0.25, 0.3) is 0 Å². The maximum atomic E-state index is 12.7. The predicted octanol–water partition coefficient (Wildman–Crippen LogP) is 4.85. The van der Waals surface area contributed by atoms with Gasteiger partial charge in [-0.05, 0) is 37.6 Å². The van der Waals surface area contributed by atoms with Gasteiger partial charge in [-0.1, -0.05) is 20.8 Å². The van der Waals surface area contributed by atoms with Gasteiger partial charge in [0, 0.05) is 5.69 Å². The summed E-state index contributed by atoms with van der Waals surface area (Å²) in [5, 5.41) is 3.10. The van der Waals surface area contributed by atoms with E-state index >= 15 is 0 Å². The minimum absolute atomic E-state index is 0.381. The van der Waals surface area contributed by atoms with Crippen LogP contribution in [0.5, 0.6) is 5.75 Å². The van der Waals surface area contributed by atoms with Crippen molar-refractivity contribution in [3.8, 4) is 5.75 Å². The smallest absolute Gasteiger partial charge is 0.419 e. The second kappa shape index (κ2) is 9.26. The second-order valence-electron chi connectivity index (χ2n) is 5.24. The van der Waals surface area contributed by atoms with Crippen LogP contribution in [0.4, 0.5) is 24.8 Å². The number of aryl methyl sites for hydroxylation is 1. The molecule has 0 bridgehead atoms. The molecule has 1 atom stereocenters. The number of nitrogens with zero attached hydrogens (tertiary/aromatic N) is 2. The maximum Gasteiger partial charge on any atom is 0.419 e. The van der Waals surface area contributed by atoms with Gasteiger partial charge >= 0.3 is 6.18 Å². The summed E-state index contributed by atoms with van der Waals surface area (Å²) in [6, 6.07) is 5.47. The number of hydrogen-bond donors (Lipinski definition) is 2. The first-order valence-corrected chi connectivity index (χ1v) is 8.40. The Bertz CT molecular complexity index is 720. The summed E-state index contributed by atoms with van der Waals surface area (Å²) in [6.07, 6.45) is -3.77. The molecule has 0 spiro atoms. The lowest BCUT2D eigenvalue weighted by molar-refractivity contribution is -0.137. The van der Waals surface area contributed by atoms with Crippen molar-refractivity contribution in [1.29, 1.82) is 0 Å². The predicted molar refractivity (Wildman–Crippen MR) is 97.2 cm³/mol. The number of methoxy groups -OCH3 is 1. The van der Waals surface area contributed by atoms with Gasteiger partial charge in [-0.15, -0.1) is 0 Å². The number of nitrogen functional groups attached to an aromatic ring is 1. The van der Waals surface area contributed by atoms with Gasteiger partial charge in [0.2, 0.25) is 0 Å². The standard InChI is InChI=1S/C16H19F3N4O.C2H6/c1-4-10-5-8-13(24-3)15(22-10)21-9(2)12-7-6-11(14(20)23-12)16(17,18)19;1-2/h5-9H,4H2,1-3H3,(H2,20,23)(H,21,22);1-2H3. The molecule has 0 aliphatic heterocycles. The van der Waals surface area contributed by atoms with Gasteiger partial charge in [0.25, 0.3) is 0 Å². The number of rotatable bonds is 5. The Morgan fingerprint density at radius 3 is 2.31 bits per heavy atom. The van der Waals surface area contributed by atoms with E-state index in [2.05, 4.69) is 15.3 Å². The molecule has 26 heavy (non-hydrogen) atoms. The summed E-state index contributed by atoms with van der Waals surface area (Å²) in [5.41, 5.74) is 5.75. The van der Waals surface area contributed by atoms with Gasteiger partial charge < -0.3 is 15.8 Å². The lowest BCUT2D eigenvalue weighted by Gasteiger charge is -2.18. The van der Waals surface area contributed by atoms with Crippen LogP contribution in [-0.4, -0.2) is 17.1 Å². The van der Waals surface area contributed by atoms with Crippen LogP contribution >= 0.6 is 0 Å². The van der Waals surface area contributed by atoms with Crippen LogP contribution in [0.3, 0.4) is 0 Å². The summed E-state index contributed by atoms with van der Waals surface area (Å²) >= 11 is 0. The Labute approximate surface area is 151 Å². The zero-order valence-corrected chi connectivity index (χ0v) is 15.6. The van der Waals surface area contributed by atoms with Crippen LogP contribution in [0.2, 0.25) is 0 Å². The van der Waals surface area contributed by atoms with Crippen molar-refractivity contribution in [3.05, 3.63) is 41.2 Å². The summed E-state index contributed by atoms with van der Waals surface area (Å²) in [5.74, 6) is 0.499. The molecule has 8 heteroatoms. The number of anilines is 2. The fourth-order valence-electron chi connectivity index (χ4n) is 2.20. The van der Waals surface area contributed by atoms with E-state index in [0.717, 1.165) is 18.2 Å². The molecule has 144 valence electrons. The summed E-state index contributed by atoms with van der Waals surface area (Å²) in [4.78, 5) is 8.29. The van der Waals surface area contributed by atoms with Crippen molar-refractivity contribution in [3.63, 3.8) is 0 Å². The molecule has 2 rings (SSSR count). The third-order valence-electron chi connectivity index (χ3n) is 3.55. The SMILES string of the molecule is CC.CCc1ccc(OC)c(NC(C)c2ccc(C(F)(F)F)c(N)n2)n1. The van der Waals surface area contributed by atoms with E-state index in [9.17, 15) is 13.2 Å². The molecule has 0 amide bonds. The van der Waals surface area contributed by atoms with Gasteiger partial charge in [0.15, 0.2) is 11.6 Å². The summed E-state index contributed by atoms with van der Waals surface area (Å²) in [7, 11) is 1.52. The van der Waals surface area contributed by atoms with E-state index in [4.69, 9.17) is 10.5 Å². The first-order chi connectivity index (χ1) is 12.3. The molecule has 1 unspecified atom stereocenters. The number of nitrogens with one attached hydrogen (secondary N) is 1. The van der Waals surface area contributed by atoms with E-state index in [0.29, 0.717) is 17.3 Å². The Balaban J connectivity index is 0.00000163. The quantitative estimate of drug-likeness (QED) is 0.787. The Morgan fingerprint density at radius 2 is 1.81 bits per heavy atom. The van der Waals surface area contributed by atoms with E-state index in [1.165, 1.54) is 13.2 Å². The average molecular weight is 370 g/mol. The molecular formula is C18H25F3N4O. The molecule has 2 aromatic rings. The number of halogens is 3. The van der Waals surface area contributed by atoms with E-state index in [1.807, 2.05) is 26.8 Å². The van der Waals surface area contributed by atoms with Gasteiger partial charge in [0.05, 0.1) is 24.4 Å². The Kier molecular flexibility index (Phi) is 7.67. The van der Waals surface area contributed by atoms with Crippen molar-refractivity contribution in [1.82, 2.24) is 9.97 Å². The van der Waals surface area contributed by atoms with Crippen molar-refractivity contribution in [2.24, 2.45) is 0 Å². The zero-order valence-electron chi connectivity index (χ0n) is 15.6. The molecule has 2 heterocycles. The van der Waals surface area contributed by atoms with E-state index in [-0.39, 0.29) is 0 Å². The highest BCUT2D eigenvalue weighted by Gasteiger charge is 2.33. The van der Waals surface area contributed by atoms with Crippen LogP contribution in [0, 0.1) is 0 Å². The number of alkyl halides is 3. The number of nitrogens with two attached hydrogens (primary N) is 1. The highest BCUT2D eigenvalue weighted by Crippen LogP contribution is 2.34. The Hall–Kier alpha value is -2.51. The molecule has 2 aromatic heterocycles. The maximum absolute atomic E-state index is 12.7. The van der Waals surface area contributed by atoms with Crippen LogP contribution in [-0.2, 0) is 12.6 Å². The van der Waals surface area contributed by atoms with Gasteiger partial charge in [0.1, 0.15) is 5.82 Å². The minimum atomic E-state index is -4.52. The number of ether oxygens (including phenoxy) is 1. The molecule has 5 nitrogen and oxygen atoms in total. The summed E-state index contributed by atoms with van der Waals surface area (Å²) < 4.78 is 43.5. The van der Waals surface area contributed by atoms with Gasteiger partial charge in [-0.25, -0.2) is 9.97 Å². The molecule has 3 N–H and O–H groups in total. The van der Waals surface area contributed by atoms with Crippen molar-refractivity contribution in [2.45, 2.75) is 46.3 Å². The van der Waals surface area contributed by atoms with Gasteiger partial charge in [-0.3, -0.25) is 0 Å². The third-order valence-corrected chi connectivity index (χ3v) is 3.55. The fraction of sp³-hybridized carbons (Fsp3) is 0.444. The highest BCUT2D eigenvalue weighted by atomic mass is 19.4. The number of pyridine rings is 2. The fourth-order valence-corrected chi connectivity index (χ4v) is 2.20. The second-order valence-corrected chi connectivity index (χ2v) is 5.24. The first-order valence-electron chi connectivity index (χ1n) is 8.40. The summed E-state index contributed by atoms with van der Waals surface area (Å²) in [6.45, 7) is 7.73. The first kappa shape index (κ1) is 21.5. The molecule has 0 saturated carbocycles. The van der Waals surface area contributed by atoms with Gasteiger partial charge in [-0.2, -0.15) is 13.2 Å². The van der Waals surface area contributed by atoms with Crippen LogP contribution in [0.15, 0.2) is 24.3 Å². The topological polar surface area (TPSA) is 73.1 Å². The number of hydrogen-bond acceptors (Lipinski definition) is 5. The highest BCUT2D eigenvalue weighted by molar-refractivity contribution is 5.52. The molecule has 0 radical (unpaired) electrons. The Morgan fingerprint density at radius 1 is 1.15 bits per heavy atom. The van der Waals surface area contributed by atoms with Crippen LogP contribution in [0.1, 0.15) is 50.7 Å². The monoisotopic (exact) mass is 370 g/mol. The van der Waals surface area contributed by atoms with Crippen molar-refractivity contribution < 1.29 is 17.9 Å². The molecule has 0 aromatic carbocycles. The van der Waals surface area contributed by atoms with E-state index < -0.39 is 23.6 Å². The lowest BCUT2D eigenvalue weighted by atomic mass is 10.1. The lowest BCUT2D eigenvalue weighted by Crippen LogP contribution is -2.15. The molecule has 0 saturated heterocycles. The third kappa shape index (κ3) is 5.24. The minimum Gasteiger partial charge on any atom is -0.493 e. The molecule has 0 aliphatic rings.